The third kappa shape index (κ3) is 4.00. The summed E-state index contributed by atoms with van der Waals surface area (Å²) in [7, 11) is 0. The first-order valence-electron chi connectivity index (χ1n) is 6.05. The summed E-state index contributed by atoms with van der Waals surface area (Å²) in [4.78, 5) is 15.2. The average Bonchev–Trinajstić information content (AvgIpc) is 2.32. The Labute approximate surface area is 107 Å². The fourth-order valence-corrected chi connectivity index (χ4v) is 1.48. The molecule has 0 saturated carbocycles. The number of aromatic nitrogens is 1. The number of aliphatic carboxylic acids is 1. The smallest absolute Gasteiger partial charge is 0.344 e. The van der Waals surface area contributed by atoms with Crippen molar-refractivity contribution in [2.45, 2.75) is 45.8 Å². The Kier molecular flexibility index (Phi) is 5.09. The summed E-state index contributed by atoms with van der Waals surface area (Å²) < 4.78 is 5.39. The minimum Gasteiger partial charge on any atom is -0.479 e. The van der Waals surface area contributed by atoms with Crippen molar-refractivity contribution in [2.75, 3.05) is 0 Å². The van der Waals surface area contributed by atoms with E-state index in [1.165, 1.54) is 6.92 Å². The number of pyridine rings is 1. The SMILES string of the molecule is CCC(N)Cc1nc(C)ccc1OC(C)C(=O)O. The molecule has 5 nitrogen and oxygen atoms in total. The Morgan fingerprint density at radius 2 is 2.22 bits per heavy atom. The maximum absolute atomic E-state index is 10.8. The van der Waals surface area contributed by atoms with Gasteiger partial charge in [0.1, 0.15) is 5.75 Å². The number of hydrogen-bond donors (Lipinski definition) is 2. The van der Waals surface area contributed by atoms with E-state index in [2.05, 4.69) is 4.98 Å². The summed E-state index contributed by atoms with van der Waals surface area (Å²) in [5, 5.41) is 8.85. The molecule has 0 bridgehead atoms. The van der Waals surface area contributed by atoms with Crippen LogP contribution in [0.4, 0.5) is 0 Å². The number of ether oxygens (including phenoxy) is 1. The highest BCUT2D eigenvalue weighted by Gasteiger charge is 2.16. The third-order valence-electron chi connectivity index (χ3n) is 2.70. The Morgan fingerprint density at radius 1 is 1.56 bits per heavy atom. The van der Waals surface area contributed by atoms with E-state index in [1.807, 2.05) is 13.8 Å². The predicted octanol–water partition coefficient (Wildman–Crippen LogP) is 1.52. The summed E-state index contributed by atoms with van der Waals surface area (Å²) in [6.45, 7) is 5.37. The van der Waals surface area contributed by atoms with E-state index in [1.54, 1.807) is 12.1 Å². The molecule has 0 amide bonds. The molecule has 0 saturated heterocycles. The minimum atomic E-state index is -0.999. The van der Waals surface area contributed by atoms with Gasteiger partial charge in [0.15, 0.2) is 6.10 Å². The average molecular weight is 252 g/mol. The van der Waals surface area contributed by atoms with Crippen LogP contribution in [-0.2, 0) is 11.2 Å². The zero-order valence-corrected chi connectivity index (χ0v) is 11.0. The molecule has 100 valence electrons. The van der Waals surface area contributed by atoms with Crippen molar-refractivity contribution in [3.05, 3.63) is 23.5 Å². The molecule has 5 heteroatoms. The minimum absolute atomic E-state index is 0.00165. The number of aryl methyl sites for hydroxylation is 1. The van der Waals surface area contributed by atoms with Crippen LogP contribution in [0.1, 0.15) is 31.7 Å². The monoisotopic (exact) mass is 252 g/mol. The van der Waals surface area contributed by atoms with Gasteiger partial charge in [0.05, 0.1) is 5.69 Å². The molecule has 0 aromatic carbocycles. The van der Waals surface area contributed by atoms with E-state index in [4.69, 9.17) is 15.6 Å². The Bertz CT molecular complexity index is 421. The lowest BCUT2D eigenvalue weighted by molar-refractivity contribution is -0.144. The van der Waals surface area contributed by atoms with Gasteiger partial charge in [-0.3, -0.25) is 4.98 Å². The molecule has 0 radical (unpaired) electrons. The quantitative estimate of drug-likeness (QED) is 0.801. The maximum Gasteiger partial charge on any atom is 0.344 e. The molecule has 0 aliphatic heterocycles. The molecule has 0 fully saturated rings. The molecule has 18 heavy (non-hydrogen) atoms. The maximum atomic E-state index is 10.8. The fraction of sp³-hybridized carbons (Fsp3) is 0.538. The number of nitrogens with zero attached hydrogens (tertiary/aromatic N) is 1. The standard InChI is InChI=1S/C13H20N2O3/c1-4-10(14)7-11-12(6-5-8(2)15-11)18-9(3)13(16)17/h5-6,9-10H,4,7,14H2,1-3H3,(H,16,17). The molecular weight excluding hydrogens is 232 g/mol. The van der Waals surface area contributed by atoms with Crippen molar-refractivity contribution in [3.8, 4) is 5.75 Å². The molecule has 1 rings (SSSR count). The highest BCUT2D eigenvalue weighted by molar-refractivity contribution is 5.72. The van der Waals surface area contributed by atoms with E-state index < -0.39 is 12.1 Å². The second-order valence-corrected chi connectivity index (χ2v) is 4.37. The van der Waals surface area contributed by atoms with Gasteiger partial charge in [0, 0.05) is 18.2 Å². The van der Waals surface area contributed by atoms with Gasteiger partial charge in [-0.2, -0.15) is 0 Å². The molecule has 3 N–H and O–H groups in total. The van der Waals surface area contributed by atoms with Gasteiger partial charge in [-0.25, -0.2) is 4.79 Å². The molecular formula is C13H20N2O3. The summed E-state index contributed by atoms with van der Waals surface area (Å²) in [6.07, 6.45) is 0.523. The number of rotatable bonds is 6. The lowest BCUT2D eigenvalue weighted by Gasteiger charge is -2.16. The molecule has 0 aliphatic carbocycles. The largest absolute Gasteiger partial charge is 0.479 e. The van der Waals surface area contributed by atoms with Crippen LogP contribution in [0.2, 0.25) is 0 Å². The van der Waals surface area contributed by atoms with E-state index in [0.717, 1.165) is 17.8 Å². The van der Waals surface area contributed by atoms with Gasteiger partial charge in [-0.1, -0.05) is 6.92 Å². The van der Waals surface area contributed by atoms with Crippen LogP contribution in [0.25, 0.3) is 0 Å². The van der Waals surface area contributed by atoms with E-state index in [-0.39, 0.29) is 6.04 Å². The molecule has 0 aliphatic rings. The van der Waals surface area contributed by atoms with Crippen molar-refractivity contribution >= 4 is 5.97 Å². The van der Waals surface area contributed by atoms with Crippen molar-refractivity contribution < 1.29 is 14.6 Å². The second kappa shape index (κ2) is 6.35. The first kappa shape index (κ1) is 14.4. The van der Waals surface area contributed by atoms with Gasteiger partial charge < -0.3 is 15.6 Å². The highest BCUT2D eigenvalue weighted by atomic mass is 16.5. The van der Waals surface area contributed by atoms with Crippen molar-refractivity contribution in [3.63, 3.8) is 0 Å². The second-order valence-electron chi connectivity index (χ2n) is 4.37. The Morgan fingerprint density at radius 3 is 2.78 bits per heavy atom. The summed E-state index contributed by atoms with van der Waals surface area (Å²) in [5.41, 5.74) is 7.49. The van der Waals surface area contributed by atoms with Crippen LogP contribution in [0.3, 0.4) is 0 Å². The molecule has 2 unspecified atom stereocenters. The molecule has 2 atom stereocenters. The number of nitrogens with two attached hydrogens (primary N) is 1. The van der Waals surface area contributed by atoms with Gasteiger partial charge in [-0.15, -0.1) is 0 Å². The normalized spacial score (nSPS) is 14.0. The summed E-state index contributed by atoms with van der Waals surface area (Å²) >= 11 is 0. The number of hydrogen-bond acceptors (Lipinski definition) is 4. The van der Waals surface area contributed by atoms with E-state index in [0.29, 0.717) is 12.2 Å². The topological polar surface area (TPSA) is 85.4 Å². The van der Waals surface area contributed by atoms with E-state index in [9.17, 15) is 4.79 Å². The van der Waals surface area contributed by atoms with Gasteiger partial charge in [0.2, 0.25) is 0 Å². The first-order chi connectivity index (χ1) is 8.43. The van der Waals surface area contributed by atoms with Gasteiger partial charge in [0.25, 0.3) is 0 Å². The van der Waals surface area contributed by atoms with Crippen LogP contribution < -0.4 is 10.5 Å². The molecule has 1 aromatic heterocycles. The number of carboxylic acids is 1. The zero-order valence-electron chi connectivity index (χ0n) is 11.0. The van der Waals surface area contributed by atoms with E-state index >= 15 is 0 Å². The summed E-state index contributed by atoms with van der Waals surface area (Å²) in [5.74, 6) is -0.499. The van der Waals surface area contributed by atoms with Crippen molar-refractivity contribution in [2.24, 2.45) is 5.73 Å². The number of carbonyl (C=O) groups is 1. The predicted molar refractivity (Wildman–Crippen MR) is 68.7 cm³/mol. The van der Waals surface area contributed by atoms with Crippen LogP contribution in [-0.4, -0.2) is 28.2 Å². The van der Waals surface area contributed by atoms with Crippen LogP contribution >= 0.6 is 0 Å². The Balaban J connectivity index is 2.92. The molecule has 1 heterocycles. The lowest BCUT2D eigenvalue weighted by Crippen LogP contribution is -2.26. The third-order valence-corrected chi connectivity index (χ3v) is 2.70. The Hall–Kier alpha value is -1.62. The fourth-order valence-electron chi connectivity index (χ4n) is 1.48. The van der Waals surface area contributed by atoms with Crippen molar-refractivity contribution in [1.29, 1.82) is 0 Å². The first-order valence-corrected chi connectivity index (χ1v) is 6.05. The molecule has 0 spiro atoms. The van der Waals surface area contributed by atoms with Crippen LogP contribution in [0.15, 0.2) is 12.1 Å². The zero-order chi connectivity index (χ0) is 13.7. The van der Waals surface area contributed by atoms with Gasteiger partial charge in [-0.05, 0) is 32.4 Å². The van der Waals surface area contributed by atoms with Crippen molar-refractivity contribution in [1.82, 2.24) is 4.98 Å². The summed E-state index contributed by atoms with van der Waals surface area (Å²) in [6, 6.07) is 3.55. The van der Waals surface area contributed by atoms with Crippen LogP contribution in [0, 0.1) is 6.92 Å². The van der Waals surface area contributed by atoms with Gasteiger partial charge >= 0.3 is 5.97 Å². The molecule has 1 aromatic rings. The van der Waals surface area contributed by atoms with Crippen LogP contribution in [0.5, 0.6) is 5.75 Å². The lowest BCUT2D eigenvalue weighted by atomic mass is 10.1. The number of carboxylic acid groups (broad SMARTS) is 1. The highest BCUT2D eigenvalue weighted by Crippen LogP contribution is 2.20.